The molecule has 0 heterocycles. The maximum Gasteiger partial charge on any atom is 0.328 e. The number of esters is 2. The number of carbonyl (C=O) groups is 3. The number of carbonyl (C=O) groups excluding carboxylic acids is 3. The zero-order valence-corrected chi connectivity index (χ0v) is 14.0. The molecule has 23 heavy (non-hydrogen) atoms. The number of nitrogens with one attached hydrogen (secondary N) is 1. The SMILES string of the molecule is COC(=O)CCC(=O)N[C@@H](Cc1ccc(C)c(C)c1)C(=O)OC. The van der Waals surface area contributed by atoms with Gasteiger partial charge in [-0.15, -0.1) is 0 Å². The first-order chi connectivity index (χ1) is 10.9. The molecule has 0 saturated carbocycles. The predicted octanol–water partition coefficient (Wildman–Crippen LogP) is 1.46. The molecule has 0 bridgehead atoms. The average molecular weight is 321 g/mol. The highest BCUT2D eigenvalue weighted by Gasteiger charge is 2.22. The topological polar surface area (TPSA) is 81.7 Å². The maximum absolute atomic E-state index is 11.9. The molecular weight excluding hydrogens is 298 g/mol. The van der Waals surface area contributed by atoms with Crippen LogP contribution in [0.3, 0.4) is 0 Å². The van der Waals surface area contributed by atoms with Gasteiger partial charge in [-0.05, 0) is 30.5 Å². The minimum absolute atomic E-state index is 0.0279. The largest absolute Gasteiger partial charge is 0.469 e. The van der Waals surface area contributed by atoms with E-state index in [1.54, 1.807) is 0 Å². The maximum atomic E-state index is 11.9. The van der Waals surface area contributed by atoms with Crippen molar-refractivity contribution >= 4 is 17.8 Å². The van der Waals surface area contributed by atoms with Crippen LogP contribution in [0.5, 0.6) is 0 Å². The summed E-state index contributed by atoms with van der Waals surface area (Å²) in [5.41, 5.74) is 3.20. The summed E-state index contributed by atoms with van der Waals surface area (Å²) < 4.78 is 9.22. The Balaban J connectivity index is 2.72. The van der Waals surface area contributed by atoms with Crippen LogP contribution in [0.25, 0.3) is 0 Å². The quantitative estimate of drug-likeness (QED) is 0.769. The number of benzene rings is 1. The average Bonchev–Trinajstić information content (AvgIpc) is 2.54. The van der Waals surface area contributed by atoms with Gasteiger partial charge in [0.25, 0.3) is 0 Å². The molecule has 1 aromatic rings. The van der Waals surface area contributed by atoms with Crippen LogP contribution in [0.4, 0.5) is 0 Å². The third kappa shape index (κ3) is 6.10. The lowest BCUT2D eigenvalue weighted by Crippen LogP contribution is -2.43. The lowest BCUT2D eigenvalue weighted by molar-refractivity contribution is -0.145. The van der Waals surface area contributed by atoms with Gasteiger partial charge in [0, 0.05) is 12.8 Å². The number of aryl methyl sites for hydroxylation is 2. The van der Waals surface area contributed by atoms with Crippen molar-refractivity contribution in [3.05, 3.63) is 34.9 Å². The third-order valence-electron chi connectivity index (χ3n) is 3.62. The van der Waals surface area contributed by atoms with E-state index in [9.17, 15) is 14.4 Å². The fourth-order valence-corrected chi connectivity index (χ4v) is 2.09. The van der Waals surface area contributed by atoms with Crippen LogP contribution in [0.15, 0.2) is 18.2 Å². The fraction of sp³-hybridized carbons (Fsp3) is 0.471. The number of rotatable bonds is 7. The van der Waals surface area contributed by atoms with Crippen LogP contribution in [0.1, 0.15) is 29.5 Å². The van der Waals surface area contributed by atoms with E-state index in [0.717, 1.165) is 16.7 Å². The molecule has 1 rings (SSSR count). The summed E-state index contributed by atoms with van der Waals surface area (Å²) in [6, 6.07) is 5.08. The van der Waals surface area contributed by atoms with Crippen molar-refractivity contribution in [2.45, 2.75) is 39.2 Å². The van der Waals surface area contributed by atoms with Gasteiger partial charge in [-0.3, -0.25) is 9.59 Å². The molecule has 0 radical (unpaired) electrons. The molecule has 0 aliphatic heterocycles. The highest BCUT2D eigenvalue weighted by atomic mass is 16.5. The summed E-state index contributed by atoms with van der Waals surface area (Å²) in [6.07, 6.45) is 0.269. The molecule has 0 unspecified atom stereocenters. The second-order valence-corrected chi connectivity index (χ2v) is 5.34. The van der Waals surface area contributed by atoms with Gasteiger partial charge in [-0.25, -0.2) is 4.79 Å². The molecular formula is C17H23NO5. The van der Waals surface area contributed by atoms with Gasteiger partial charge in [0.2, 0.25) is 5.91 Å². The molecule has 0 fully saturated rings. The molecule has 0 spiro atoms. The highest BCUT2D eigenvalue weighted by Crippen LogP contribution is 2.12. The molecule has 1 aromatic carbocycles. The monoisotopic (exact) mass is 321 g/mol. The Kier molecular flexibility index (Phi) is 7.25. The summed E-state index contributed by atoms with van der Waals surface area (Å²) in [7, 11) is 2.54. The Morgan fingerprint density at radius 1 is 1.04 bits per heavy atom. The van der Waals surface area contributed by atoms with Gasteiger partial charge in [0.1, 0.15) is 6.04 Å². The van der Waals surface area contributed by atoms with Crippen LogP contribution in [-0.2, 0) is 30.3 Å². The van der Waals surface area contributed by atoms with Crippen molar-refractivity contribution in [2.75, 3.05) is 14.2 Å². The number of hydrogen-bond donors (Lipinski definition) is 1. The first-order valence-corrected chi connectivity index (χ1v) is 7.37. The molecule has 6 heteroatoms. The van der Waals surface area contributed by atoms with E-state index in [-0.39, 0.29) is 12.8 Å². The van der Waals surface area contributed by atoms with Crippen molar-refractivity contribution in [3.8, 4) is 0 Å². The minimum atomic E-state index is -0.785. The lowest BCUT2D eigenvalue weighted by Gasteiger charge is -2.17. The van der Waals surface area contributed by atoms with E-state index < -0.39 is 23.9 Å². The molecule has 0 aliphatic rings. The van der Waals surface area contributed by atoms with Crippen LogP contribution in [0.2, 0.25) is 0 Å². The summed E-state index contributed by atoms with van der Waals surface area (Å²) in [5.74, 6) is -1.38. The van der Waals surface area contributed by atoms with Gasteiger partial charge >= 0.3 is 11.9 Å². The molecule has 0 aliphatic carbocycles. The Morgan fingerprint density at radius 2 is 1.74 bits per heavy atom. The Labute approximate surface area is 136 Å². The van der Waals surface area contributed by atoms with Crippen molar-refractivity contribution in [2.24, 2.45) is 0 Å². The molecule has 126 valence electrons. The van der Waals surface area contributed by atoms with Crippen LogP contribution < -0.4 is 5.32 Å². The van der Waals surface area contributed by atoms with Crippen LogP contribution in [0, 0.1) is 13.8 Å². The van der Waals surface area contributed by atoms with E-state index in [1.165, 1.54) is 14.2 Å². The first-order valence-electron chi connectivity index (χ1n) is 7.37. The van der Waals surface area contributed by atoms with Crippen LogP contribution in [-0.4, -0.2) is 38.1 Å². The zero-order valence-electron chi connectivity index (χ0n) is 14.0. The van der Waals surface area contributed by atoms with Gasteiger partial charge < -0.3 is 14.8 Å². The number of amides is 1. The minimum Gasteiger partial charge on any atom is -0.469 e. The van der Waals surface area contributed by atoms with E-state index in [2.05, 4.69) is 10.1 Å². The smallest absolute Gasteiger partial charge is 0.328 e. The van der Waals surface area contributed by atoms with Gasteiger partial charge in [-0.2, -0.15) is 0 Å². The summed E-state index contributed by atoms with van der Waals surface area (Å²) >= 11 is 0. The van der Waals surface area contributed by atoms with E-state index in [0.29, 0.717) is 6.42 Å². The molecule has 0 aromatic heterocycles. The molecule has 1 N–H and O–H groups in total. The predicted molar refractivity (Wildman–Crippen MR) is 84.8 cm³/mol. The van der Waals surface area contributed by atoms with E-state index in [1.807, 2.05) is 32.0 Å². The first kappa shape index (κ1) is 18.7. The van der Waals surface area contributed by atoms with Crippen LogP contribution >= 0.6 is 0 Å². The van der Waals surface area contributed by atoms with Crippen molar-refractivity contribution in [1.29, 1.82) is 0 Å². The second kappa shape index (κ2) is 8.92. The van der Waals surface area contributed by atoms with Gasteiger partial charge in [0.05, 0.1) is 20.6 Å². The molecule has 1 amide bonds. The number of methoxy groups -OCH3 is 2. The third-order valence-corrected chi connectivity index (χ3v) is 3.62. The molecule has 6 nitrogen and oxygen atoms in total. The van der Waals surface area contributed by atoms with E-state index in [4.69, 9.17) is 4.74 Å². The van der Waals surface area contributed by atoms with E-state index >= 15 is 0 Å². The summed E-state index contributed by atoms with van der Waals surface area (Å²) in [5, 5.41) is 2.61. The second-order valence-electron chi connectivity index (χ2n) is 5.34. The number of ether oxygens (including phenoxy) is 2. The Morgan fingerprint density at radius 3 is 2.30 bits per heavy atom. The zero-order chi connectivity index (χ0) is 17.4. The number of hydrogen-bond acceptors (Lipinski definition) is 5. The lowest BCUT2D eigenvalue weighted by atomic mass is 10.0. The standard InChI is InChI=1S/C17H23NO5/c1-11-5-6-13(9-12(11)2)10-14(17(21)23-4)18-15(19)7-8-16(20)22-3/h5-6,9,14H,7-8,10H2,1-4H3,(H,18,19)/t14-/m0/s1. The fourth-order valence-electron chi connectivity index (χ4n) is 2.09. The Hall–Kier alpha value is -2.37. The van der Waals surface area contributed by atoms with Gasteiger partial charge in [0.15, 0.2) is 0 Å². The van der Waals surface area contributed by atoms with Gasteiger partial charge in [-0.1, -0.05) is 18.2 Å². The summed E-state index contributed by atoms with van der Waals surface area (Å²) in [4.78, 5) is 34.8. The molecule has 0 saturated heterocycles. The van der Waals surface area contributed by atoms with Crippen molar-refractivity contribution in [1.82, 2.24) is 5.32 Å². The summed E-state index contributed by atoms with van der Waals surface area (Å²) in [6.45, 7) is 3.99. The molecule has 1 atom stereocenters. The van der Waals surface area contributed by atoms with Crippen molar-refractivity contribution in [3.63, 3.8) is 0 Å². The van der Waals surface area contributed by atoms with Crippen molar-refractivity contribution < 1.29 is 23.9 Å². The highest BCUT2D eigenvalue weighted by molar-refractivity contribution is 5.86. The normalized spacial score (nSPS) is 11.5. The Bertz CT molecular complexity index is 582.